The van der Waals surface area contributed by atoms with E-state index in [1.165, 1.54) is 0 Å². The second-order valence-electron chi connectivity index (χ2n) is 5.39. The van der Waals surface area contributed by atoms with Crippen molar-refractivity contribution < 1.29 is 14.3 Å². The minimum absolute atomic E-state index is 0.0114. The van der Waals surface area contributed by atoms with Gasteiger partial charge < -0.3 is 14.8 Å². The van der Waals surface area contributed by atoms with Crippen LogP contribution in [0.3, 0.4) is 0 Å². The van der Waals surface area contributed by atoms with Crippen LogP contribution < -0.4 is 10.1 Å². The standard InChI is InChI=1S/C17H20N2O3S/c1-21-14-6-3-2-5-13(14)17-19-12(11-23-17)8-9-18-16(20)15-7-4-10-22-15/h2-3,5-6,11,15H,4,7-10H2,1H3,(H,18,20). The zero-order valence-electron chi connectivity index (χ0n) is 13.1. The van der Waals surface area contributed by atoms with E-state index < -0.39 is 0 Å². The van der Waals surface area contributed by atoms with Crippen molar-refractivity contribution in [3.05, 3.63) is 35.3 Å². The van der Waals surface area contributed by atoms with Crippen LogP contribution in [0.1, 0.15) is 18.5 Å². The number of hydrogen-bond acceptors (Lipinski definition) is 5. The number of benzene rings is 1. The van der Waals surface area contributed by atoms with Gasteiger partial charge in [0.2, 0.25) is 5.91 Å². The Morgan fingerprint density at radius 2 is 2.35 bits per heavy atom. The molecule has 1 aliphatic rings. The van der Waals surface area contributed by atoms with E-state index in [1.807, 2.05) is 29.6 Å². The summed E-state index contributed by atoms with van der Waals surface area (Å²) >= 11 is 1.59. The molecule has 6 heteroatoms. The first-order valence-corrected chi connectivity index (χ1v) is 8.63. The zero-order valence-corrected chi connectivity index (χ0v) is 13.9. The molecule has 3 rings (SSSR count). The molecule has 23 heavy (non-hydrogen) atoms. The first-order chi connectivity index (χ1) is 11.3. The fourth-order valence-corrected chi connectivity index (χ4v) is 3.46. The van der Waals surface area contributed by atoms with Crippen molar-refractivity contribution in [1.29, 1.82) is 0 Å². The molecule has 2 aromatic rings. The summed E-state index contributed by atoms with van der Waals surface area (Å²) in [5, 5.41) is 5.88. The Labute approximate surface area is 139 Å². The number of para-hydroxylation sites is 1. The largest absolute Gasteiger partial charge is 0.496 e. The molecule has 1 fully saturated rings. The summed E-state index contributed by atoms with van der Waals surface area (Å²) in [4.78, 5) is 16.5. The first-order valence-electron chi connectivity index (χ1n) is 7.75. The molecule has 0 aliphatic carbocycles. The predicted octanol–water partition coefficient (Wildman–Crippen LogP) is 2.66. The van der Waals surface area contributed by atoms with Crippen LogP contribution in [0.15, 0.2) is 29.6 Å². The maximum Gasteiger partial charge on any atom is 0.249 e. The van der Waals surface area contributed by atoms with Gasteiger partial charge >= 0.3 is 0 Å². The molecule has 2 heterocycles. The van der Waals surface area contributed by atoms with Gasteiger partial charge in [0, 0.05) is 25.0 Å². The Bertz CT molecular complexity index is 665. The third-order valence-corrected chi connectivity index (χ3v) is 4.72. The summed E-state index contributed by atoms with van der Waals surface area (Å²) in [5.74, 6) is 0.808. The Balaban J connectivity index is 1.56. The van der Waals surface area contributed by atoms with Crippen molar-refractivity contribution in [2.24, 2.45) is 0 Å². The average molecular weight is 332 g/mol. The highest BCUT2D eigenvalue weighted by Crippen LogP contribution is 2.31. The lowest BCUT2D eigenvalue weighted by molar-refractivity contribution is -0.129. The lowest BCUT2D eigenvalue weighted by Gasteiger charge is -2.09. The zero-order chi connectivity index (χ0) is 16.1. The van der Waals surface area contributed by atoms with E-state index in [4.69, 9.17) is 9.47 Å². The van der Waals surface area contributed by atoms with Crippen molar-refractivity contribution in [3.63, 3.8) is 0 Å². The molecular weight excluding hydrogens is 312 g/mol. The van der Waals surface area contributed by atoms with Crippen LogP contribution >= 0.6 is 11.3 Å². The van der Waals surface area contributed by atoms with Gasteiger partial charge in [-0.25, -0.2) is 4.98 Å². The molecule has 0 radical (unpaired) electrons. The van der Waals surface area contributed by atoms with Crippen LogP contribution in [0.4, 0.5) is 0 Å². The van der Waals surface area contributed by atoms with Crippen LogP contribution in [0.5, 0.6) is 5.75 Å². The van der Waals surface area contributed by atoms with Crippen LogP contribution in [0, 0.1) is 0 Å². The summed E-state index contributed by atoms with van der Waals surface area (Å²) in [6.45, 7) is 1.26. The molecule has 1 aliphatic heterocycles. The summed E-state index contributed by atoms with van der Waals surface area (Å²) in [7, 11) is 1.66. The van der Waals surface area contributed by atoms with E-state index >= 15 is 0 Å². The van der Waals surface area contributed by atoms with Gasteiger partial charge in [0.15, 0.2) is 0 Å². The summed E-state index contributed by atoms with van der Waals surface area (Å²) < 4.78 is 10.7. The van der Waals surface area contributed by atoms with E-state index in [-0.39, 0.29) is 12.0 Å². The summed E-state index contributed by atoms with van der Waals surface area (Å²) in [6, 6.07) is 7.84. The van der Waals surface area contributed by atoms with E-state index in [9.17, 15) is 4.79 Å². The monoisotopic (exact) mass is 332 g/mol. The SMILES string of the molecule is COc1ccccc1-c1nc(CCNC(=O)C2CCCO2)cs1. The van der Waals surface area contributed by atoms with Crippen LogP contribution in [-0.4, -0.2) is 37.3 Å². The molecule has 1 atom stereocenters. The average Bonchev–Trinajstić information content (AvgIpc) is 3.26. The Morgan fingerprint density at radius 1 is 1.48 bits per heavy atom. The van der Waals surface area contributed by atoms with Crippen molar-refractivity contribution in [2.45, 2.75) is 25.4 Å². The molecule has 1 amide bonds. The second-order valence-corrected chi connectivity index (χ2v) is 6.25. The molecule has 1 aromatic heterocycles. The molecule has 5 nitrogen and oxygen atoms in total. The van der Waals surface area contributed by atoms with Gasteiger partial charge in [-0.1, -0.05) is 12.1 Å². The highest BCUT2D eigenvalue weighted by Gasteiger charge is 2.22. The highest BCUT2D eigenvalue weighted by molar-refractivity contribution is 7.13. The number of aromatic nitrogens is 1. The number of methoxy groups -OCH3 is 1. The number of nitrogens with zero attached hydrogens (tertiary/aromatic N) is 1. The topological polar surface area (TPSA) is 60.5 Å². The third-order valence-electron chi connectivity index (χ3n) is 3.79. The highest BCUT2D eigenvalue weighted by atomic mass is 32.1. The van der Waals surface area contributed by atoms with Gasteiger partial charge in [-0.15, -0.1) is 11.3 Å². The fourth-order valence-electron chi connectivity index (χ4n) is 2.58. The summed E-state index contributed by atoms with van der Waals surface area (Å²) in [5.41, 5.74) is 1.97. The quantitative estimate of drug-likeness (QED) is 0.883. The van der Waals surface area contributed by atoms with Gasteiger partial charge in [0.05, 0.1) is 18.4 Å². The minimum atomic E-state index is -0.269. The van der Waals surface area contributed by atoms with Crippen LogP contribution in [0.25, 0.3) is 10.6 Å². The number of carbonyl (C=O) groups is 1. The molecule has 1 saturated heterocycles. The molecule has 1 aromatic carbocycles. The van der Waals surface area contributed by atoms with Crippen molar-refractivity contribution in [1.82, 2.24) is 10.3 Å². The number of thiazole rings is 1. The van der Waals surface area contributed by atoms with Gasteiger partial charge in [0.1, 0.15) is 16.9 Å². The molecule has 1 unspecified atom stereocenters. The first kappa shape index (κ1) is 16.0. The number of hydrogen-bond donors (Lipinski definition) is 1. The second kappa shape index (κ2) is 7.57. The molecule has 0 spiro atoms. The van der Waals surface area contributed by atoms with E-state index in [2.05, 4.69) is 10.3 Å². The maximum absolute atomic E-state index is 11.9. The number of nitrogens with one attached hydrogen (secondary N) is 1. The third kappa shape index (κ3) is 3.89. The lowest BCUT2D eigenvalue weighted by atomic mass is 10.2. The van der Waals surface area contributed by atoms with E-state index in [1.54, 1.807) is 18.4 Å². The Kier molecular flexibility index (Phi) is 5.25. The smallest absolute Gasteiger partial charge is 0.249 e. The maximum atomic E-state index is 11.9. The van der Waals surface area contributed by atoms with Crippen LogP contribution in [0.2, 0.25) is 0 Å². The molecule has 122 valence electrons. The van der Waals surface area contributed by atoms with Gasteiger partial charge in [-0.2, -0.15) is 0 Å². The fraction of sp³-hybridized carbons (Fsp3) is 0.412. The minimum Gasteiger partial charge on any atom is -0.496 e. The van der Waals surface area contributed by atoms with Crippen molar-refractivity contribution in [2.75, 3.05) is 20.3 Å². The number of ether oxygens (including phenoxy) is 2. The van der Waals surface area contributed by atoms with Crippen molar-refractivity contribution >= 4 is 17.2 Å². The molecule has 1 N–H and O–H groups in total. The predicted molar refractivity (Wildman–Crippen MR) is 89.8 cm³/mol. The Hall–Kier alpha value is -1.92. The number of rotatable bonds is 6. The van der Waals surface area contributed by atoms with E-state index in [0.717, 1.165) is 34.9 Å². The van der Waals surface area contributed by atoms with Crippen LogP contribution in [-0.2, 0) is 16.0 Å². The number of carbonyl (C=O) groups excluding carboxylic acids is 1. The van der Waals surface area contributed by atoms with E-state index in [0.29, 0.717) is 19.6 Å². The van der Waals surface area contributed by atoms with Gasteiger partial charge in [0.25, 0.3) is 0 Å². The summed E-state index contributed by atoms with van der Waals surface area (Å²) in [6.07, 6.45) is 2.23. The van der Waals surface area contributed by atoms with Crippen molar-refractivity contribution in [3.8, 4) is 16.3 Å². The molecule has 0 saturated carbocycles. The lowest BCUT2D eigenvalue weighted by Crippen LogP contribution is -2.35. The normalized spacial score (nSPS) is 17.2. The van der Waals surface area contributed by atoms with Gasteiger partial charge in [-0.05, 0) is 25.0 Å². The molecule has 0 bridgehead atoms. The van der Waals surface area contributed by atoms with Gasteiger partial charge in [-0.3, -0.25) is 4.79 Å². The Morgan fingerprint density at radius 3 is 3.13 bits per heavy atom. The molecular formula is C17H20N2O3S. The number of amides is 1.